The summed E-state index contributed by atoms with van der Waals surface area (Å²) >= 11 is 0. The van der Waals surface area contributed by atoms with E-state index in [0.717, 1.165) is 25.9 Å². The number of fused-ring (bicyclic) bond motifs is 1. The number of likely N-dealkylation sites (N-methyl/N-ethyl adjacent to an activating group) is 1. The Morgan fingerprint density at radius 2 is 1.63 bits per heavy atom. The number of nitrogens with zero attached hydrogens (tertiary/aromatic N) is 2. The molecule has 2 amide bonds. The topological polar surface area (TPSA) is 87.2 Å². The van der Waals surface area contributed by atoms with Gasteiger partial charge in [-0.15, -0.1) is 0 Å². The van der Waals surface area contributed by atoms with Crippen molar-refractivity contribution in [2.24, 2.45) is 11.8 Å². The van der Waals surface area contributed by atoms with Crippen LogP contribution in [-0.4, -0.2) is 66.0 Å². The Kier molecular flexibility index (Phi) is 12.2. The van der Waals surface area contributed by atoms with Crippen LogP contribution in [0.4, 0.5) is 0 Å². The monoisotopic (exact) mass is 526 g/mol. The van der Waals surface area contributed by atoms with Crippen LogP contribution in [0, 0.1) is 11.8 Å². The second kappa shape index (κ2) is 15.6. The average molecular weight is 527 g/mol. The van der Waals surface area contributed by atoms with Crippen molar-refractivity contribution in [2.45, 2.75) is 84.0 Å². The molecule has 38 heavy (non-hydrogen) atoms. The number of hydrogen-bond acceptors (Lipinski definition) is 4. The molecule has 2 fully saturated rings. The van der Waals surface area contributed by atoms with Crippen molar-refractivity contribution in [2.75, 3.05) is 33.3 Å². The Morgan fingerprint density at radius 3 is 2.26 bits per heavy atom. The lowest BCUT2D eigenvalue weighted by Gasteiger charge is -2.22. The Balaban J connectivity index is 1.41. The first kappa shape index (κ1) is 29.7. The third-order valence-electron chi connectivity index (χ3n) is 8.03. The van der Waals surface area contributed by atoms with Gasteiger partial charge in [-0.25, -0.2) is 4.79 Å². The highest BCUT2D eigenvalue weighted by molar-refractivity contribution is 5.98. The molecule has 1 saturated carbocycles. The SMILES string of the molecule is CCCCCCCCC(=O)N(C)CCOc1ccc(/C=C(\CC(=O)N2C[C@H]3CCCC[C@H]3C2)C(=O)O)cc1. The van der Waals surface area contributed by atoms with Crippen LogP contribution in [0.3, 0.4) is 0 Å². The second-order valence-electron chi connectivity index (χ2n) is 11.0. The van der Waals surface area contributed by atoms with Crippen molar-refractivity contribution in [1.82, 2.24) is 9.80 Å². The van der Waals surface area contributed by atoms with Gasteiger partial charge in [-0.3, -0.25) is 9.59 Å². The van der Waals surface area contributed by atoms with Gasteiger partial charge >= 0.3 is 5.97 Å². The van der Waals surface area contributed by atoms with E-state index in [0.29, 0.717) is 42.7 Å². The number of benzene rings is 1. The zero-order chi connectivity index (χ0) is 27.3. The molecule has 1 N–H and O–H groups in total. The molecule has 0 radical (unpaired) electrons. The van der Waals surface area contributed by atoms with Gasteiger partial charge < -0.3 is 19.6 Å². The van der Waals surface area contributed by atoms with Crippen LogP contribution in [0.15, 0.2) is 29.8 Å². The number of likely N-dealkylation sites (tertiary alicyclic amines) is 1. The highest BCUT2D eigenvalue weighted by Gasteiger charge is 2.36. The zero-order valence-corrected chi connectivity index (χ0v) is 23.3. The van der Waals surface area contributed by atoms with Gasteiger partial charge in [0.25, 0.3) is 0 Å². The summed E-state index contributed by atoms with van der Waals surface area (Å²) in [5.41, 5.74) is 0.813. The minimum atomic E-state index is -1.07. The summed E-state index contributed by atoms with van der Waals surface area (Å²) in [4.78, 5) is 40.6. The van der Waals surface area contributed by atoms with Crippen molar-refractivity contribution < 1.29 is 24.2 Å². The molecule has 3 rings (SSSR count). The number of carboxylic acid groups (broad SMARTS) is 1. The fraction of sp³-hybridized carbons (Fsp3) is 0.645. The van der Waals surface area contributed by atoms with Crippen molar-refractivity contribution in [1.29, 1.82) is 0 Å². The number of carbonyl (C=O) groups excluding carboxylic acids is 2. The van der Waals surface area contributed by atoms with Crippen LogP contribution in [0.2, 0.25) is 0 Å². The number of carbonyl (C=O) groups is 3. The Hall–Kier alpha value is -2.83. The standard InChI is InChI=1S/C31H46N2O5/c1-3-4-5-6-7-8-13-29(34)32(2)18-19-38-28-16-14-24(15-17-28)20-27(31(36)37)21-30(35)33-22-25-11-9-10-12-26(25)23-33/h14-17,20,25-26H,3-13,18-19,21-23H2,1-2H3,(H,36,37)/b27-20+/t25-,26+. The summed E-state index contributed by atoms with van der Waals surface area (Å²) < 4.78 is 5.79. The van der Waals surface area contributed by atoms with Gasteiger partial charge in [0.2, 0.25) is 11.8 Å². The van der Waals surface area contributed by atoms with Gasteiger partial charge in [0.05, 0.1) is 13.0 Å². The summed E-state index contributed by atoms with van der Waals surface area (Å²) in [6.07, 6.45) is 13.9. The van der Waals surface area contributed by atoms with Gasteiger partial charge in [0.15, 0.2) is 0 Å². The first-order chi connectivity index (χ1) is 18.4. The molecule has 0 bridgehead atoms. The predicted octanol–water partition coefficient (Wildman–Crippen LogP) is 5.78. The maximum atomic E-state index is 12.9. The van der Waals surface area contributed by atoms with Crippen molar-refractivity contribution in [3.8, 4) is 5.75 Å². The highest BCUT2D eigenvalue weighted by atomic mass is 16.5. The van der Waals surface area contributed by atoms with E-state index < -0.39 is 5.97 Å². The molecule has 1 aromatic rings. The molecular formula is C31H46N2O5. The fourth-order valence-corrected chi connectivity index (χ4v) is 5.61. The number of carboxylic acids is 1. The lowest BCUT2D eigenvalue weighted by Crippen LogP contribution is -2.30. The second-order valence-corrected chi connectivity index (χ2v) is 11.0. The van der Waals surface area contributed by atoms with E-state index >= 15 is 0 Å². The summed E-state index contributed by atoms with van der Waals surface area (Å²) in [5, 5.41) is 9.71. The summed E-state index contributed by atoms with van der Waals surface area (Å²) in [6, 6.07) is 7.16. The lowest BCUT2D eigenvalue weighted by atomic mass is 9.82. The van der Waals surface area contributed by atoms with Gasteiger partial charge in [0.1, 0.15) is 12.4 Å². The zero-order valence-electron chi connectivity index (χ0n) is 23.3. The molecule has 1 aliphatic carbocycles. The number of ether oxygens (including phenoxy) is 1. The predicted molar refractivity (Wildman–Crippen MR) is 150 cm³/mol. The van der Waals surface area contributed by atoms with E-state index in [9.17, 15) is 19.5 Å². The Bertz CT molecular complexity index is 928. The minimum absolute atomic E-state index is 0.0911. The summed E-state index contributed by atoms with van der Waals surface area (Å²) in [6.45, 7) is 4.64. The van der Waals surface area contributed by atoms with E-state index in [1.807, 2.05) is 4.90 Å². The van der Waals surface area contributed by atoms with Crippen LogP contribution in [0.25, 0.3) is 6.08 Å². The van der Waals surface area contributed by atoms with Crippen molar-refractivity contribution in [3.05, 3.63) is 35.4 Å². The van der Waals surface area contributed by atoms with Crippen molar-refractivity contribution in [3.63, 3.8) is 0 Å². The third kappa shape index (κ3) is 9.48. The summed E-state index contributed by atoms with van der Waals surface area (Å²) in [5.74, 6) is 0.804. The Morgan fingerprint density at radius 1 is 1.00 bits per heavy atom. The molecule has 0 spiro atoms. The van der Waals surface area contributed by atoms with Crippen LogP contribution < -0.4 is 4.74 Å². The molecule has 0 unspecified atom stereocenters. The number of hydrogen-bond donors (Lipinski definition) is 1. The normalized spacial score (nSPS) is 19.2. The Labute approximate surface area is 228 Å². The smallest absolute Gasteiger partial charge is 0.332 e. The van der Waals surface area contributed by atoms with Gasteiger partial charge in [-0.1, -0.05) is 64.0 Å². The molecule has 210 valence electrons. The molecule has 2 atom stereocenters. The fourth-order valence-electron chi connectivity index (χ4n) is 5.61. The third-order valence-corrected chi connectivity index (χ3v) is 8.03. The van der Waals surface area contributed by atoms with E-state index in [-0.39, 0.29) is 23.8 Å². The van der Waals surface area contributed by atoms with Gasteiger partial charge in [-0.2, -0.15) is 0 Å². The van der Waals surface area contributed by atoms with Crippen molar-refractivity contribution >= 4 is 23.9 Å². The van der Waals surface area contributed by atoms with Gasteiger partial charge in [0, 0.05) is 32.1 Å². The quantitative estimate of drug-likeness (QED) is 0.231. The highest BCUT2D eigenvalue weighted by Crippen LogP contribution is 2.36. The maximum absolute atomic E-state index is 12.9. The number of amides is 2. The molecule has 1 heterocycles. The molecule has 1 saturated heterocycles. The molecule has 0 aromatic heterocycles. The van der Waals surface area contributed by atoms with Gasteiger partial charge in [-0.05, 0) is 54.9 Å². The summed E-state index contributed by atoms with van der Waals surface area (Å²) in [7, 11) is 1.81. The van der Waals surface area contributed by atoms with Crippen LogP contribution in [-0.2, 0) is 14.4 Å². The first-order valence-corrected chi connectivity index (χ1v) is 14.6. The van der Waals surface area contributed by atoms with E-state index in [4.69, 9.17) is 4.74 Å². The number of aliphatic carboxylic acids is 1. The first-order valence-electron chi connectivity index (χ1n) is 14.6. The average Bonchev–Trinajstić information content (AvgIpc) is 3.35. The van der Waals surface area contributed by atoms with E-state index in [1.54, 1.807) is 42.3 Å². The molecule has 2 aliphatic rings. The molecule has 1 aliphatic heterocycles. The molecule has 7 nitrogen and oxygen atoms in total. The minimum Gasteiger partial charge on any atom is -0.492 e. The largest absolute Gasteiger partial charge is 0.492 e. The number of rotatable bonds is 15. The van der Waals surface area contributed by atoms with Crippen LogP contribution in [0.5, 0.6) is 5.75 Å². The molecule has 7 heteroatoms. The van der Waals surface area contributed by atoms with E-state index in [2.05, 4.69) is 6.92 Å². The maximum Gasteiger partial charge on any atom is 0.332 e. The van der Waals surface area contributed by atoms with E-state index in [1.165, 1.54) is 51.4 Å². The van der Waals surface area contributed by atoms with Crippen LogP contribution in [0.1, 0.15) is 89.5 Å². The molecular weight excluding hydrogens is 480 g/mol. The number of unbranched alkanes of at least 4 members (excludes halogenated alkanes) is 5. The molecule has 1 aromatic carbocycles. The van der Waals surface area contributed by atoms with Crippen LogP contribution >= 0.6 is 0 Å². The lowest BCUT2D eigenvalue weighted by molar-refractivity contribution is -0.136.